The van der Waals surface area contributed by atoms with Crippen LogP contribution < -0.4 is 0 Å². The Morgan fingerprint density at radius 1 is 1.18 bits per heavy atom. The van der Waals surface area contributed by atoms with Gasteiger partial charge in [-0.05, 0) is 10.4 Å². The molecule has 58 valence electrons. The second-order valence-corrected chi connectivity index (χ2v) is 3.41. The van der Waals surface area contributed by atoms with E-state index in [0.29, 0.717) is 0 Å². The van der Waals surface area contributed by atoms with Crippen molar-refractivity contribution in [1.29, 1.82) is 5.26 Å². The van der Waals surface area contributed by atoms with Gasteiger partial charge in [-0.1, -0.05) is 20.8 Å². The van der Waals surface area contributed by atoms with Crippen LogP contribution in [0.3, 0.4) is 0 Å². The summed E-state index contributed by atoms with van der Waals surface area (Å²) in [6, 6.07) is 2.00. The van der Waals surface area contributed by atoms with Gasteiger partial charge in [-0.15, -0.1) is 10.2 Å². The van der Waals surface area contributed by atoms with E-state index in [1.54, 1.807) is 0 Å². The van der Waals surface area contributed by atoms with Crippen molar-refractivity contribution >= 4 is 0 Å². The van der Waals surface area contributed by atoms with Crippen LogP contribution in [0.4, 0.5) is 0 Å². The Morgan fingerprint density at radius 2 is 1.64 bits per heavy atom. The van der Waals surface area contributed by atoms with Gasteiger partial charge in [0.2, 0.25) is 0 Å². The van der Waals surface area contributed by atoms with Crippen molar-refractivity contribution in [3.05, 3.63) is 0 Å². The van der Waals surface area contributed by atoms with Gasteiger partial charge in [-0.25, -0.2) is 0 Å². The number of hydrogen-bond donors (Lipinski definition) is 0. The molecule has 0 spiro atoms. The highest BCUT2D eigenvalue weighted by Crippen LogP contribution is 2.37. The van der Waals surface area contributed by atoms with Crippen LogP contribution in [0.1, 0.15) is 20.8 Å². The van der Waals surface area contributed by atoms with Gasteiger partial charge in [-0.2, -0.15) is 5.26 Å². The second kappa shape index (κ2) is 2.09. The Hall–Kier alpha value is -1.31. The summed E-state index contributed by atoms with van der Waals surface area (Å²) in [7, 11) is 0. The predicted molar refractivity (Wildman–Crippen MR) is 37.5 cm³/mol. The number of nitriles is 1. The van der Waals surface area contributed by atoms with E-state index in [1.807, 2.05) is 26.8 Å². The molecule has 0 saturated heterocycles. The molecule has 0 radical (unpaired) electrons. The average Bonchev–Trinajstić information content (AvgIpc) is 2.33. The zero-order valence-electron chi connectivity index (χ0n) is 6.74. The van der Waals surface area contributed by atoms with Crippen LogP contribution in [0.15, 0.2) is 20.7 Å². The number of nitrogens with zero attached hydrogens (tertiary/aromatic N) is 5. The van der Waals surface area contributed by atoms with E-state index in [9.17, 15) is 0 Å². The van der Waals surface area contributed by atoms with Gasteiger partial charge in [0.05, 0.1) is 0 Å². The molecule has 0 N–H and O–H groups in total. The lowest BCUT2D eigenvalue weighted by Gasteiger charge is -2.26. The van der Waals surface area contributed by atoms with Crippen molar-refractivity contribution in [3.63, 3.8) is 0 Å². The first-order chi connectivity index (χ1) is 5.02. The maximum Gasteiger partial charge on any atom is 0.283 e. The van der Waals surface area contributed by atoms with Crippen LogP contribution in [0, 0.1) is 16.7 Å². The monoisotopic (exact) mass is 151 g/mol. The van der Waals surface area contributed by atoms with E-state index in [-0.39, 0.29) is 5.41 Å². The number of hydrogen-bond acceptors (Lipinski definition) is 5. The first-order valence-corrected chi connectivity index (χ1v) is 3.27. The highest BCUT2D eigenvalue weighted by atomic mass is 15.6. The molecule has 0 amide bonds. The molecule has 0 atom stereocenters. The summed E-state index contributed by atoms with van der Waals surface area (Å²) in [4.78, 5) is 0. The van der Waals surface area contributed by atoms with Gasteiger partial charge in [-0.3, -0.25) is 0 Å². The van der Waals surface area contributed by atoms with E-state index < -0.39 is 5.66 Å². The Kier molecular flexibility index (Phi) is 1.48. The third-order valence-electron chi connectivity index (χ3n) is 1.62. The minimum absolute atomic E-state index is 0.356. The molecule has 1 aliphatic rings. The molecule has 0 saturated carbocycles. The first-order valence-electron chi connectivity index (χ1n) is 3.27. The molecule has 5 nitrogen and oxygen atoms in total. The molecule has 1 heterocycles. The molecule has 0 fully saturated rings. The van der Waals surface area contributed by atoms with Crippen LogP contribution in [0.5, 0.6) is 0 Å². The average molecular weight is 151 g/mol. The Balaban J connectivity index is 3.07. The summed E-state index contributed by atoms with van der Waals surface area (Å²) in [6.45, 7) is 5.62. The topological polar surface area (TPSA) is 73.2 Å². The highest BCUT2D eigenvalue weighted by Gasteiger charge is 2.45. The van der Waals surface area contributed by atoms with Crippen molar-refractivity contribution in [2.75, 3.05) is 0 Å². The van der Waals surface area contributed by atoms with Gasteiger partial charge < -0.3 is 0 Å². The third-order valence-corrected chi connectivity index (χ3v) is 1.62. The number of rotatable bonds is 0. The van der Waals surface area contributed by atoms with Crippen molar-refractivity contribution in [2.45, 2.75) is 26.4 Å². The second-order valence-electron chi connectivity index (χ2n) is 3.41. The zero-order valence-corrected chi connectivity index (χ0v) is 6.74. The molecule has 11 heavy (non-hydrogen) atoms. The quantitative estimate of drug-likeness (QED) is 0.522. The molecule has 0 aromatic carbocycles. The van der Waals surface area contributed by atoms with Crippen molar-refractivity contribution in [3.8, 4) is 6.07 Å². The molecule has 5 heteroatoms. The van der Waals surface area contributed by atoms with E-state index in [4.69, 9.17) is 5.26 Å². The summed E-state index contributed by atoms with van der Waals surface area (Å²) in [6.07, 6.45) is 0. The molecular formula is C6H9N5. The van der Waals surface area contributed by atoms with E-state index in [2.05, 4.69) is 20.7 Å². The van der Waals surface area contributed by atoms with Gasteiger partial charge in [0.15, 0.2) is 0 Å². The van der Waals surface area contributed by atoms with Crippen LogP contribution in [0.2, 0.25) is 0 Å². The molecule has 0 aliphatic carbocycles. The minimum Gasteiger partial charge on any atom is -0.193 e. The fraction of sp³-hybridized carbons (Fsp3) is 0.833. The third kappa shape index (κ3) is 1.00. The fourth-order valence-corrected chi connectivity index (χ4v) is 0.702. The smallest absolute Gasteiger partial charge is 0.193 e. The van der Waals surface area contributed by atoms with E-state index >= 15 is 0 Å². The zero-order chi connectivity index (χ0) is 8.54. The SMILES string of the molecule is CC(C)(C)C1(C#N)N=NN=N1. The summed E-state index contributed by atoms with van der Waals surface area (Å²) in [5.74, 6) is 0. The lowest BCUT2D eigenvalue weighted by molar-refractivity contribution is 0.258. The minimum atomic E-state index is -1.10. The van der Waals surface area contributed by atoms with E-state index in [1.165, 1.54) is 0 Å². The molecule has 0 aromatic rings. The van der Waals surface area contributed by atoms with E-state index in [0.717, 1.165) is 0 Å². The largest absolute Gasteiger partial charge is 0.283 e. The molecule has 1 rings (SSSR count). The van der Waals surface area contributed by atoms with Crippen LogP contribution in [-0.2, 0) is 0 Å². The van der Waals surface area contributed by atoms with Gasteiger partial charge in [0.1, 0.15) is 6.07 Å². The standard InChI is InChI=1S/C6H9N5/c1-5(2,3)6(4-7)8-10-11-9-6/h1-3H3. The molecule has 0 unspecified atom stereocenters. The van der Waals surface area contributed by atoms with Crippen molar-refractivity contribution in [2.24, 2.45) is 26.1 Å². The van der Waals surface area contributed by atoms with Crippen molar-refractivity contribution < 1.29 is 0 Å². The van der Waals surface area contributed by atoms with Crippen molar-refractivity contribution in [1.82, 2.24) is 0 Å². The van der Waals surface area contributed by atoms with Crippen LogP contribution in [-0.4, -0.2) is 5.66 Å². The summed E-state index contributed by atoms with van der Waals surface area (Å²) < 4.78 is 0. The Labute approximate surface area is 64.8 Å². The molecule has 1 aliphatic heterocycles. The van der Waals surface area contributed by atoms with Gasteiger partial charge in [0.25, 0.3) is 5.66 Å². The molecule has 0 bridgehead atoms. The van der Waals surface area contributed by atoms with Crippen LogP contribution in [0.25, 0.3) is 0 Å². The van der Waals surface area contributed by atoms with Crippen LogP contribution >= 0.6 is 0 Å². The fourth-order valence-electron chi connectivity index (χ4n) is 0.702. The lowest BCUT2D eigenvalue weighted by atomic mass is 9.82. The summed E-state index contributed by atoms with van der Waals surface area (Å²) in [5, 5.41) is 22.8. The lowest BCUT2D eigenvalue weighted by Crippen LogP contribution is -2.35. The van der Waals surface area contributed by atoms with Gasteiger partial charge in [0, 0.05) is 5.41 Å². The Bertz CT molecular complexity index is 239. The highest BCUT2D eigenvalue weighted by molar-refractivity contribution is 5.12. The summed E-state index contributed by atoms with van der Waals surface area (Å²) in [5.41, 5.74) is -1.46. The Morgan fingerprint density at radius 3 is 1.82 bits per heavy atom. The molecule has 0 aromatic heterocycles. The maximum atomic E-state index is 8.79. The molecular weight excluding hydrogens is 142 g/mol. The first kappa shape index (κ1) is 7.79. The summed E-state index contributed by atoms with van der Waals surface area (Å²) >= 11 is 0. The maximum absolute atomic E-state index is 8.79. The normalized spacial score (nSPS) is 20.2. The predicted octanol–water partition coefficient (Wildman–Crippen LogP) is 2.09. The van der Waals surface area contributed by atoms with Gasteiger partial charge >= 0.3 is 0 Å².